The van der Waals surface area contributed by atoms with Crippen LogP contribution in [0.25, 0.3) is 0 Å². The van der Waals surface area contributed by atoms with Crippen LogP contribution in [0.2, 0.25) is 0 Å². The number of carbonyl (C=O) groups excluding carboxylic acids is 1. The van der Waals surface area contributed by atoms with E-state index in [-0.39, 0.29) is 5.41 Å². The molecule has 1 amide bonds. The van der Waals surface area contributed by atoms with Crippen molar-refractivity contribution in [1.29, 1.82) is 0 Å². The fourth-order valence-corrected chi connectivity index (χ4v) is 2.81. The third-order valence-electron chi connectivity index (χ3n) is 4.29. The molecule has 0 aromatic rings. The number of carbonyl (C=O) groups is 1. The first-order chi connectivity index (χ1) is 11.5. The lowest BCUT2D eigenvalue weighted by atomic mass is 9.95. The molecule has 0 aromatic heterocycles. The van der Waals surface area contributed by atoms with Gasteiger partial charge in [0.05, 0.1) is 19.3 Å². The third-order valence-corrected chi connectivity index (χ3v) is 4.29. The van der Waals surface area contributed by atoms with Crippen LogP contribution >= 0.6 is 0 Å². The summed E-state index contributed by atoms with van der Waals surface area (Å²) in [6.45, 7) is 12.8. The maximum absolute atomic E-state index is 12.1. The van der Waals surface area contributed by atoms with Gasteiger partial charge in [-0.05, 0) is 33.3 Å². The van der Waals surface area contributed by atoms with E-state index < -0.39 is 29.6 Å². The number of rotatable bonds is 6. The van der Waals surface area contributed by atoms with Crippen molar-refractivity contribution in [2.24, 2.45) is 5.41 Å². The van der Waals surface area contributed by atoms with Gasteiger partial charge >= 0.3 is 6.09 Å². The van der Waals surface area contributed by atoms with Gasteiger partial charge in [-0.3, -0.25) is 0 Å². The summed E-state index contributed by atoms with van der Waals surface area (Å²) in [5.74, 6) is -0.880. The molecular weight excluding hydrogens is 322 g/mol. The van der Waals surface area contributed by atoms with Crippen LogP contribution in [0.5, 0.6) is 0 Å². The van der Waals surface area contributed by atoms with E-state index in [1.807, 2.05) is 26.8 Å². The van der Waals surface area contributed by atoms with Crippen molar-refractivity contribution in [3.63, 3.8) is 0 Å². The third kappa shape index (κ3) is 5.43. The number of unbranched alkanes of at least 4 members (excludes halogenated alkanes) is 1. The number of aliphatic hydroxyl groups excluding tert-OH is 1. The lowest BCUT2D eigenvalue weighted by Crippen LogP contribution is -2.48. The summed E-state index contributed by atoms with van der Waals surface area (Å²) in [5.41, 5.74) is 0.0832. The molecular formula is C19H33NO5. The van der Waals surface area contributed by atoms with Gasteiger partial charge in [0.2, 0.25) is 5.79 Å². The normalized spacial score (nSPS) is 23.6. The van der Waals surface area contributed by atoms with Crippen LogP contribution in [0, 0.1) is 5.41 Å². The second kappa shape index (κ2) is 7.25. The molecule has 6 nitrogen and oxygen atoms in total. The molecule has 1 heterocycles. The van der Waals surface area contributed by atoms with E-state index in [1.54, 1.807) is 0 Å². The first-order valence-corrected chi connectivity index (χ1v) is 9.17. The number of amides is 1. The number of aliphatic hydroxyl groups is 1. The second-order valence-electron chi connectivity index (χ2n) is 8.85. The van der Waals surface area contributed by atoms with Crippen LogP contribution in [0.3, 0.4) is 0 Å². The van der Waals surface area contributed by atoms with Gasteiger partial charge in [0.1, 0.15) is 11.7 Å². The van der Waals surface area contributed by atoms with Crippen molar-refractivity contribution in [2.75, 3.05) is 13.2 Å². The molecule has 1 aliphatic carbocycles. The molecule has 0 unspecified atom stereocenters. The number of nitrogens with one attached hydrogen (secondary N) is 1. The molecule has 144 valence electrons. The lowest BCUT2D eigenvalue weighted by Gasteiger charge is -2.37. The SMILES string of the molecule is CCCC[C@H](NC(=O)OC(C)(C)C)[C@@H](O)C1=CC12OCC(C)(C)CO2. The molecule has 1 aliphatic heterocycles. The standard InChI is InChI=1S/C19H33NO5/c1-7-8-9-14(20-16(22)25-17(2,3)4)15(21)13-10-19(13)23-11-18(5,6)12-24-19/h10,14-15,21H,7-9,11-12H2,1-6H3,(H,20,22)/t14-,15-/m0/s1. The van der Waals surface area contributed by atoms with Crippen molar-refractivity contribution in [3.8, 4) is 0 Å². The summed E-state index contributed by atoms with van der Waals surface area (Å²) in [6, 6.07) is -0.428. The van der Waals surface area contributed by atoms with E-state index in [0.717, 1.165) is 12.8 Å². The van der Waals surface area contributed by atoms with Crippen LogP contribution in [0.15, 0.2) is 11.6 Å². The van der Waals surface area contributed by atoms with E-state index in [2.05, 4.69) is 26.1 Å². The van der Waals surface area contributed by atoms with E-state index in [0.29, 0.717) is 25.2 Å². The topological polar surface area (TPSA) is 77.0 Å². The highest BCUT2D eigenvalue weighted by atomic mass is 16.7. The minimum absolute atomic E-state index is 0.0336. The molecule has 2 atom stereocenters. The Kier molecular flexibility index (Phi) is 5.86. The van der Waals surface area contributed by atoms with Gasteiger partial charge in [-0.1, -0.05) is 33.6 Å². The minimum Gasteiger partial charge on any atom is -0.444 e. The highest BCUT2D eigenvalue weighted by molar-refractivity contribution is 5.68. The van der Waals surface area contributed by atoms with Crippen LogP contribution in [0.4, 0.5) is 4.79 Å². The van der Waals surface area contributed by atoms with Crippen LogP contribution in [0.1, 0.15) is 60.8 Å². The molecule has 0 aromatic carbocycles. The smallest absolute Gasteiger partial charge is 0.407 e. The Bertz CT molecular complexity index is 510. The highest BCUT2D eigenvalue weighted by Crippen LogP contribution is 2.47. The zero-order valence-corrected chi connectivity index (χ0v) is 16.3. The first-order valence-electron chi connectivity index (χ1n) is 9.17. The number of ether oxygens (including phenoxy) is 3. The van der Waals surface area contributed by atoms with E-state index in [4.69, 9.17) is 14.2 Å². The Morgan fingerprint density at radius 1 is 1.36 bits per heavy atom. The summed E-state index contributed by atoms with van der Waals surface area (Å²) >= 11 is 0. The first kappa shape index (κ1) is 20.2. The molecule has 2 N–H and O–H groups in total. The average molecular weight is 355 g/mol. The molecule has 2 aliphatic rings. The predicted molar refractivity (Wildman–Crippen MR) is 95.2 cm³/mol. The maximum atomic E-state index is 12.1. The van der Waals surface area contributed by atoms with Crippen molar-refractivity contribution in [1.82, 2.24) is 5.32 Å². The molecule has 0 radical (unpaired) electrons. The second-order valence-corrected chi connectivity index (χ2v) is 8.85. The zero-order valence-electron chi connectivity index (χ0n) is 16.3. The van der Waals surface area contributed by atoms with E-state index in [1.165, 1.54) is 0 Å². The number of alkyl carbamates (subject to hydrolysis) is 1. The molecule has 0 saturated carbocycles. The molecule has 2 rings (SSSR count). The maximum Gasteiger partial charge on any atom is 0.407 e. The largest absolute Gasteiger partial charge is 0.444 e. The summed E-state index contributed by atoms with van der Waals surface area (Å²) < 4.78 is 17.0. The van der Waals surface area contributed by atoms with Crippen molar-refractivity contribution < 1.29 is 24.1 Å². The predicted octanol–water partition coefficient (Wildman–Crippen LogP) is 3.14. The van der Waals surface area contributed by atoms with Gasteiger partial charge in [0, 0.05) is 11.0 Å². The van der Waals surface area contributed by atoms with Crippen molar-refractivity contribution in [3.05, 3.63) is 11.6 Å². The molecule has 6 heteroatoms. The van der Waals surface area contributed by atoms with Gasteiger partial charge in [0.25, 0.3) is 0 Å². The Labute approximate surface area is 150 Å². The van der Waals surface area contributed by atoms with E-state index in [9.17, 15) is 9.90 Å². The molecule has 1 fully saturated rings. The Hall–Kier alpha value is -1.11. The Morgan fingerprint density at radius 2 is 1.96 bits per heavy atom. The fraction of sp³-hybridized carbons (Fsp3) is 0.842. The minimum atomic E-state index is -0.880. The van der Waals surface area contributed by atoms with Crippen molar-refractivity contribution in [2.45, 2.75) is 84.3 Å². The summed E-state index contributed by atoms with van der Waals surface area (Å²) in [6.07, 6.45) is 2.98. The van der Waals surface area contributed by atoms with Gasteiger partial charge < -0.3 is 24.6 Å². The summed E-state index contributed by atoms with van der Waals surface area (Å²) in [4.78, 5) is 12.1. The summed E-state index contributed by atoms with van der Waals surface area (Å²) in [7, 11) is 0. The highest BCUT2D eigenvalue weighted by Gasteiger charge is 2.55. The van der Waals surface area contributed by atoms with Gasteiger partial charge in [-0.2, -0.15) is 0 Å². The van der Waals surface area contributed by atoms with Gasteiger partial charge in [-0.25, -0.2) is 4.79 Å². The summed E-state index contributed by atoms with van der Waals surface area (Å²) in [5, 5.41) is 13.6. The van der Waals surface area contributed by atoms with Gasteiger partial charge in [-0.15, -0.1) is 0 Å². The Balaban J connectivity index is 1.96. The molecule has 0 bridgehead atoms. The molecule has 25 heavy (non-hydrogen) atoms. The monoisotopic (exact) mass is 355 g/mol. The molecule has 1 saturated heterocycles. The fourth-order valence-electron chi connectivity index (χ4n) is 2.81. The van der Waals surface area contributed by atoms with Crippen LogP contribution < -0.4 is 5.32 Å². The quantitative estimate of drug-likeness (QED) is 0.716. The van der Waals surface area contributed by atoms with Crippen LogP contribution in [-0.4, -0.2) is 47.9 Å². The molecule has 1 spiro atoms. The Morgan fingerprint density at radius 3 is 2.48 bits per heavy atom. The van der Waals surface area contributed by atoms with Crippen molar-refractivity contribution >= 4 is 6.09 Å². The zero-order chi connectivity index (χ0) is 18.9. The number of hydrogen-bond acceptors (Lipinski definition) is 5. The number of hydrogen-bond donors (Lipinski definition) is 2. The van der Waals surface area contributed by atoms with Gasteiger partial charge in [0.15, 0.2) is 0 Å². The van der Waals surface area contributed by atoms with Crippen LogP contribution in [-0.2, 0) is 14.2 Å². The van der Waals surface area contributed by atoms with E-state index >= 15 is 0 Å². The average Bonchev–Trinajstić information content (AvgIpc) is 3.19. The lowest BCUT2D eigenvalue weighted by molar-refractivity contribution is -0.233.